The van der Waals surface area contributed by atoms with Crippen LogP contribution in [0.5, 0.6) is 5.75 Å². The Bertz CT molecular complexity index is 625. The van der Waals surface area contributed by atoms with E-state index in [1.165, 1.54) is 0 Å². The minimum Gasteiger partial charge on any atom is -0.494 e. The molecule has 0 heterocycles. The number of hydrogen-bond donors (Lipinski definition) is 2. The molecular formula is C14H15N3OS. The van der Waals surface area contributed by atoms with Crippen molar-refractivity contribution in [1.29, 1.82) is 0 Å². The first kappa shape index (κ1) is 13.3. The molecule has 4 nitrogen and oxygen atoms in total. The molecular weight excluding hydrogens is 258 g/mol. The van der Waals surface area contributed by atoms with Crippen LogP contribution in [0.15, 0.2) is 41.5 Å². The number of nitrogens with zero attached hydrogens (tertiary/aromatic N) is 1. The lowest BCUT2D eigenvalue weighted by Gasteiger charge is -2.05. The minimum atomic E-state index is 0.151. The maximum Gasteiger partial charge on any atom is 0.184 e. The molecule has 0 aliphatic heterocycles. The molecule has 0 radical (unpaired) electrons. The molecule has 0 aliphatic rings. The van der Waals surface area contributed by atoms with Crippen LogP contribution in [0.3, 0.4) is 0 Å². The molecule has 19 heavy (non-hydrogen) atoms. The highest BCUT2D eigenvalue weighted by atomic mass is 32.1. The van der Waals surface area contributed by atoms with Crippen LogP contribution < -0.4 is 15.9 Å². The zero-order valence-corrected chi connectivity index (χ0v) is 11.4. The van der Waals surface area contributed by atoms with Gasteiger partial charge in [-0.2, -0.15) is 5.10 Å². The summed E-state index contributed by atoms with van der Waals surface area (Å²) in [7, 11) is 0. The maximum absolute atomic E-state index is 5.47. The Hall–Kier alpha value is -2.14. The minimum absolute atomic E-state index is 0.151. The number of nitrogens with one attached hydrogen (secondary N) is 1. The van der Waals surface area contributed by atoms with Crippen molar-refractivity contribution < 1.29 is 4.74 Å². The number of rotatable bonds is 4. The van der Waals surface area contributed by atoms with Crippen LogP contribution in [0.25, 0.3) is 10.8 Å². The van der Waals surface area contributed by atoms with Crippen LogP contribution in [0.4, 0.5) is 0 Å². The van der Waals surface area contributed by atoms with Gasteiger partial charge in [-0.25, -0.2) is 0 Å². The third kappa shape index (κ3) is 3.66. The van der Waals surface area contributed by atoms with Gasteiger partial charge in [0.2, 0.25) is 0 Å². The molecule has 0 aliphatic carbocycles. The van der Waals surface area contributed by atoms with Crippen LogP contribution in [0.1, 0.15) is 12.5 Å². The van der Waals surface area contributed by atoms with Crippen molar-refractivity contribution in [2.75, 3.05) is 6.61 Å². The molecule has 2 rings (SSSR count). The predicted octanol–water partition coefficient (Wildman–Crippen LogP) is 2.41. The monoisotopic (exact) mass is 273 g/mol. The number of thiocarbonyl (C=S) groups is 1. The summed E-state index contributed by atoms with van der Waals surface area (Å²) >= 11 is 4.67. The van der Waals surface area contributed by atoms with Crippen molar-refractivity contribution in [2.45, 2.75) is 6.92 Å². The van der Waals surface area contributed by atoms with Crippen molar-refractivity contribution in [3.8, 4) is 5.75 Å². The zero-order valence-electron chi connectivity index (χ0n) is 10.6. The Morgan fingerprint density at radius 3 is 2.79 bits per heavy atom. The number of nitrogens with two attached hydrogens (primary N) is 1. The van der Waals surface area contributed by atoms with Gasteiger partial charge in [-0.1, -0.05) is 18.2 Å². The Labute approximate surface area is 117 Å². The molecule has 0 unspecified atom stereocenters. The summed E-state index contributed by atoms with van der Waals surface area (Å²) in [4.78, 5) is 0. The topological polar surface area (TPSA) is 59.6 Å². The Balaban J connectivity index is 2.23. The first-order chi connectivity index (χ1) is 9.19. The molecule has 0 atom stereocenters. The molecule has 0 spiro atoms. The van der Waals surface area contributed by atoms with E-state index in [4.69, 9.17) is 10.5 Å². The molecule has 0 saturated carbocycles. The van der Waals surface area contributed by atoms with E-state index < -0.39 is 0 Å². The molecule has 2 aromatic rings. The van der Waals surface area contributed by atoms with Crippen molar-refractivity contribution in [3.05, 3.63) is 42.0 Å². The standard InChI is InChI=1S/C14H15N3OS/c1-2-18-13-6-5-11-7-10(3-4-12(11)8-13)9-16-17-14(15)19/h3-9H,2H2,1H3,(H3,15,17,19). The van der Waals surface area contributed by atoms with Gasteiger partial charge < -0.3 is 10.5 Å². The highest BCUT2D eigenvalue weighted by molar-refractivity contribution is 7.80. The number of benzene rings is 2. The van der Waals surface area contributed by atoms with Crippen molar-refractivity contribution in [3.63, 3.8) is 0 Å². The van der Waals surface area contributed by atoms with Crippen molar-refractivity contribution >= 4 is 34.3 Å². The van der Waals surface area contributed by atoms with Gasteiger partial charge in [-0.3, -0.25) is 5.43 Å². The number of hydrazone groups is 1. The lowest BCUT2D eigenvalue weighted by Crippen LogP contribution is -2.23. The van der Waals surface area contributed by atoms with Gasteiger partial charge in [-0.05, 0) is 53.7 Å². The fourth-order valence-corrected chi connectivity index (χ4v) is 1.80. The van der Waals surface area contributed by atoms with Crippen LogP contribution in [0.2, 0.25) is 0 Å². The zero-order chi connectivity index (χ0) is 13.7. The van der Waals surface area contributed by atoms with E-state index in [0.29, 0.717) is 6.61 Å². The molecule has 2 aromatic carbocycles. The highest BCUT2D eigenvalue weighted by Crippen LogP contribution is 2.21. The van der Waals surface area contributed by atoms with Crippen molar-refractivity contribution in [2.24, 2.45) is 10.8 Å². The van der Waals surface area contributed by atoms with Crippen LogP contribution in [-0.2, 0) is 0 Å². The van der Waals surface area contributed by atoms with E-state index in [-0.39, 0.29) is 5.11 Å². The Morgan fingerprint density at radius 2 is 2.05 bits per heavy atom. The first-order valence-corrected chi connectivity index (χ1v) is 6.35. The number of hydrogen-bond acceptors (Lipinski definition) is 3. The van der Waals surface area contributed by atoms with Gasteiger partial charge >= 0.3 is 0 Å². The SMILES string of the molecule is CCOc1ccc2cc(C=NNC(N)=S)ccc2c1. The largest absolute Gasteiger partial charge is 0.494 e. The molecule has 0 fully saturated rings. The normalized spacial score (nSPS) is 10.8. The molecule has 98 valence electrons. The summed E-state index contributed by atoms with van der Waals surface area (Å²) in [6.07, 6.45) is 1.68. The van der Waals surface area contributed by atoms with Crippen molar-refractivity contribution in [1.82, 2.24) is 5.43 Å². The van der Waals surface area contributed by atoms with Gasteiger partial charge in [0, 0.05) is 0 Å². The lowest BCUT2D eigenvalue weighted by molar-refractivity contribution is 0.341. The van der Waals surface area contributed by atoms with E-state index in [2.05, 4.69) is 22.7 Å². The summed E-state index contributed by atoms with van der Waals surface area (Å²) in [5.41, 5.74) is 8.78. The summed E-state index contributed by atoms with van der Waals surface area (Å²) in [6, 6.07) is 12.0. The fourth-order valence-electron chi connectivity index (χ4n) is 1.75. The van der Waals surface area contributed by atoms with E-state index in [9.17, 15) is 0 Å². The predicted molar refractivity (Wildman–Crippen MR) is 82.6 cm³/mol. The third-order valence-electron chi connectivity index (χ3n) is 2.54. The van der Waals surface area contributed by atoms with Gasteiger partial charge in [-0.15, -0.1) is 0 Å². The summed E-state index contributed by atoms with van der Waals surface area (Å²) in [6.45, 7) is 2.64. The van der Waals surface area contributed by atoms with E-state index in [1.54, 1.807) is 6.21 Å². The molecule has 5 heteroatoms. The Morgan fingerprint density at radius 1 is 1.32 bits per heavy atom. The fraction of sp³-hybridized carbons (Fsp3) is 0.143. The molecule has 0 amide bonds. The van der Waals surface area contributed by atoms with Gasteiger partial charge in [0.05, 0.1) is 12.8 Å². The quantitative estimate of drug-likeness (QED) is 0.510. The first-order valence-electron chi connectivity index (χ1n) is 5.94. The molecule has 0 saturated heterocycles. The number of ether oxygens (including phenoxy) is 1. The average Bonchev–Trinajstić information content (AvgIpc) is 2.39. The van der Waals surface area contributed by atoms with Gasteiger partial charge in [0.15, 0.2) is 5.11 Å². The maximum atomic E-state index is 5.47. The number of fused-ring (bicyclic) bond motifs is 1. The van der Waals surface area contributed by atoms with E-state index in [1.807, 2.05) is 43.3 Å². The second-order valence-electron chi connectivity index (χ2n) is 3.94. The second kappa shape index (κ2) is 6.15. The second-order valence-corrected chi connectivity index (χ2v) is 4.38. The van der Waals surface area contributed by atoms with Crippen LogP contribution in [0, 0.1) is 0 Å². The van der Waals surface area contributed by atoms with Crippen LogP contribution >= 0.6 is 12.2 Å². The summed E-state index contributed by atoms with van der Waals surface area (Å²) in [5, 5.41) is 6.34. The summed E-state index contributed by atoms with van der Waals surface area (Å²) < 4.78 is 5.47. The smallest absolute Gasteiger partial charge is 0.184 e. The Kier molecular flexibility index (Phi) is 4.30. The molecule has 0 aromatic heterocycles. The summed E-state index contributed by atoms with van der Waals surface area (Å²) in [5.74, 6) is 0.881. The molecule has 3 N–H and O–H groups in total. The van der Waals surface area contributed by atoms with Crippen LogP contribution in [-0.4, -0.2) is 17.9 Å². The lowest BCUT2D eigenvalue weighted by atomic mass is 10.1. The van der Waals surface area contributed by atoms with Gasteiger partial charge in [0.25, 0.3) is 0 Å². The van der Waals surface area contributed by atoms with E-state index in [0.717, 1.165) is 22.1 Å². The van der Waals surface area contributed by atoms with E-state index >= 15 is 0 Å². The van der Waals surface area contributed by atoms with Gasteiger partial charge in [0.1, 0.15) is 5.75 Å². The molecule has 0 bridgehead atoms. The average molecular weight is 273 g/mol. The highest BCUT2D eigenvalue weighted by Gasteiger charge is 1.98. The third-order valence-corrected chi connectivity index (χ3v) is 2.63.